The van der Waals surface area contributed by atoms with Crippen molar-refractivity contribution in [3.63, 3.8) is 0 Å². The maximum Gasteiger partial charge on any atom is 0.253 e. The zero-order chi connectivity index (χ0) is 20.2. The minimum absolute atomic E-state index is 0.0170. The van der Waals surface area contributed by atoms with Crippen molar-refractivity contribution in [1.82, 2.24) is 20.2 Å². The molecule has 3 heterocycles. The number of likely N-dealkylation sites (tertiary alicyclic amines) is 1. The lowest BCUT2D eigenvalue weighted by atomic mass is 9.99. The van der Waals surface area contributed by atoms with Gasteiger partial charge in [0.25, 0.3) is 11.8 Å². The fourth-order valence-electron chi connectivity index (χ4n) is 3.72. The van der Waals surface area contributed by atoms with Crippen LogP contribution in [0.2, 0.25) is 0 Å². The van der Waals surface area contributed by atoms with E-state index < -0.39 is 0 Å². The summed E-state index contributed by atoms with van der Waals surface area (Å²) < 4.78 is 0. The topological polar surface area (TPSA) is 95.4 Å². The number of nitrogens with zero attached hydrogens (tertiary/aromatic N) is 3. The number of carbonyl (C=O) groups is 2. The smallest absolute Gasteiger partial charge is 0.253 e. The Kier molecular flexibility index (Phi) is 5.48. The average molecular weight is 390 g/mol. The van der Waals surface area contributed by atoms with Crippen LogP contribution < -0.4 is 5.32 Å². The predicted octanol–water partition coefficient (Wildman–Crippen LogP) is 1.98. The third-order valence-electron chi connectivity index (χ3n) is 5.20. The number of nitrogens with one attached hydrogen (secondary N) is 1. The number of aromatic nitrogens is 2. The van der Waals surface area contributed by atoms with Gasteiger partial charge in [-0.15, -0.1) is 0 Å². The molecule has 1 aliphatic heterocycles. The quantitative estimate of drug-likeness (QED) is 0.695. The van der Waals surface area contributed by atoms with Gasteiger partial charge in [0.2, 0.25) is 0 Å². The lowest BCUT2D eigenvalue weighted by Gasteiger charge is -2.17. The number of aliphatic hydroxyl groups excluding tert-OH is 1. The zero-order valence-corrected chi connectivity index (χ0v) is 15.9. The van der Waals surface area contributed by atoms with Gasteiger partial charge in [-0.05, 0) is 30.7 Å². The van der Waals surface area contributed by atoms with Gasteiger partial charge in [-0.3, -0.25) is 19.6 Å². The lowest BCUT2D eigenvalue weighted by molar-refractivity contribution is 0.0790. The van der Waals surface area contributed by atoms with Gasteiger partial charge in [-0.2, -0.15) is 0 Å². The molecule has 29 heavy (non-hydrogen) atoms. The van der Waals surface area contributed by atoms with Crippen molar-refractivity contribution in [2.24, 2.45) is 0 Å². The highest BCUT2D eigenvalue weighted by Gasteiger charge is 2.29. The number of aliphatic hydroxyl groups is 1. The van der Waals surface area contributed by atoms with Crippen molar-refractivity contribution in [1.29, 1.82) is 0 Å². The number of amides is 2. The van der Waals surface area contributed by atoms with Gasteiger partial charge in [-0.1, -0.05) is 18.2 Å². The summed E-state index contributed by atoms with van der Waals surface area (Å²) in [5, 5.41) is 12.5. The molecule has 0 saturated carbocycles. The normalized spacial score (nSPS) is 16.2. The van der Waals surface area contributed by atoms with Crippen LogP contribution in [0.15, 0.2) is 54.9 Å². The van der Waals surface area contributed by atoms with Crippen molar-refractivity contribution in [2.75, 3.05) is 26.2 Å². The van der Waals surface area contributed by atoms with Crippen LogP contribution in [0, 0.1) is 0 Å². The Balaban J connectivity index is 1.61. The summed E-state index contributed by atoms with van der Waals surface area (Å²) in [6.07, 6.45) is 4.02. The number of rotatable bonds is 5. The second-order valence-corrected chi connectivity index (χ2v) is 7.06. The van der Waals surface area contributed by atoms with E-state index in [4.69, 9.17) is 10.1 Å². The van der Waals surface area contributed by atoms with Crippen molar-refractivity contribution >= 4 is 22.7 Å². The molecule has 2 amide bonds. The first kappa shape index (κ1) is 19.0. The molecular weight excluding hydrogens is 368 g/mol. The summed E-state index contributed by atoms with van der Waals surface area (Å²) in [6, 6.07) is 12.8. The highest BCUT2D eigenvalue weighted by Crippen LogP contribution is 2.30. The van der Waals surface area contributed by atoms with Gasteiger partial charge in [-0.25, -0.2) is 0 Å². The van der Waals surface area contributed by atoms with Gasteiger partial charge >= 0.3 is 0 Å². The highest BCUT2D eigenvalue weighted by molar-refractivity contribution is 6.06. The van der Waals surface area contributed by atoms with Crippen molar-refractivity contribution in [3.8, 4) is 0 Å². The molecule has 148 valence electrons. The van der Waals surface area contributed by atoms with Gasteiger partial charge in [0, 0.05) is 54.6 Å². The van der Waals surface area contributed by atoms with Crippen LogP contribution in [0.1, 0.15) is 38.7 Å². The van der Waals surface area contributed by atoms with Crippen molar-refractivity contribution in [2.45, 2.75) is 12.3 Å². The van der Waals surface area contributed by atoms with Gasteiger partial charge in [0.05, 0.1) is 17.7 Å². The van der Waals surface area contributed by atoms with Crippen LogP contribution >= 0.6 is 0 Å². The number of para-hydroxylation sites is 1. The van der Waals surface area contributed by atoms with Gasteiger partial charge in [0.15, 0.2) is 0 Å². The first-order valence-corrected chi connectivity index (χ1v) is 9.65. The molecule has 7 nitrogen and oxygen atoms in total. The highest BCUT2D eigenvalue weighted by atomic mass is 16.3. The molecule has 1 saturated heterocycles. The Morgan fingerprint density at radius 3 is 2.76 bits per heavy atom. The standard InChI is InChI=1S/C22H22N4O3/c27-12-10-24-21(28)18-13-20(25-19-4-2-1-3-17(18)19)16-7-11-26(14-16)22(29)15-5-8-23-9-6-15/h1-6,8-9,13,16,27H,7,10-12,14H2,(H,24,28). The molecule has 0 aliphatic carbocycles. The number of carbonyl (C=O) groups excluding carboxylic acids is 2. The van der Waals surface area contributed by atoms with E-state index in [1.54, 1.807) is 24.5 Å². The molecule has 0 radical (unpaired) electrons. The van der Waals surface area contributed by atoms with E-state index in [-0.39, 0.29) is 30.9 Å². The number of hydrogen-bond acceptors (Lipinski definition) is 5. The molecule has 1 unspecified atom stereocenters. The monoisotopic (exact) mass is 390 g/mol. The first-order chi connectivity index (χ1) is 14.2. The summed E-state index contributed by atoms with van der Waals surface area (Å²) >= 11 is 0. The summed E-state index contributed by atoms with van der Waals surface area (Å²) in [5.41, 5.74) is 2.72. The third-order valence-corrected chi connectivity index (χ3v) is 5.20. The Bertz CT molecular complexity index is 1040. The Labute approximate surface area is 168 Å². The predicted molar refractivity (Wildman–Crippen MR) is 109 cm³/mol. The van der Waals surface area contributed by atoms with Crippen molar-refractivity contribution in [3.05, 3.63) is 71.7 Å². The van der Waals surface area contributed by atoms with Crippen LogP contribution in [0.4, 0.5) is 0 Å². The van der Waals surface area contributed by atoms with Gasteiger partial charge in [0.1, 0.15) is 0 Å². The molecule has 0 bridgehead atoms. The number of pyridine rings is 2. The minimum Gasteiger partial charge on any atom is -0.395 e. The molecule has 2 aromatic heterocycles. The van der Waals surface area contributed by atoms with Crippen LogP contribution in [0.25, 0.3) is 10.9 Å². The maximum absolute atomic E-state index is 12.7. The van der Waals surface area contributed by atoms with E-state index in [0.717, 1.165) is 23.0 Å². The molecule has 0 spiro atoms. The van der Waals surface area contributed by atoms with E-state index in [9.17, 15) is 9.59 Å². The van der Waals surface area contributed by atoms with Crippen LogP contribution in [-0.4, -0.2) is 58.0 Å². The Morgan fingerprint density at radius 1 is 1.17 bits per heavy atom. The molecule has 1 aromatic carbocycles. The van der Waals surface area contributed by atoms with Crippen LogP contribution in [-0.2, 0) is 0 Å². The van der Waals surface area contributed by atoms with Crippen molar-refractivity contribution < 1.29 is 14.7 Å². The maximum atomic E-state index is 12.7. The Hall–Kier alpha value is -3.32. The second-order valence-electron chi connectivity index (χ2n) is 7.06. The molecule has 7 heteroatoms. The lowest BCUT2D eigenvalue weighted by Crippen LogP contribution is -2.28. The number of fused-ring (bicyclic) bond motifs is 1. The molecule has 3 aromatic rings. The average Bonchev–Trinajstić information content (AvgIpc) is 3.27. The largest absolute Gasteiger partial charge is 0.395 e. The number of hydrogen-bond donors (Lipinski definition) is 2. The van der Waals surface area contributed by atoms with E-state index in [2.05, 4.69) is 10.3 Å². The molecule has 1 aliphatic rings. The SMILES string of the molecule is O=C(NCCO)c1cc(C2CCN(C(=O)c3ccncc3)C2)nc2ccccc12. The summed E-state index contributed by atoms with van der Waals surface area (Å²) in [7, 11) is 0. The summed E-state index contributed by atoms with van der Waals surface area (Å²) in [5.74, 6) is -0.187. The molecular formula is C22H22N4O3. The fourth-order valence-corrected chi connectivity index (χ4v) is 3.72. The summed E-state index contributed by atoms with van der Waals surface area (Å²) in [4.78, 5) is 35.9. The molecule has 4 rings (SSSR count). The zero-order valence-electron chi connectivity index (χ0n) is 15.9. The van der Waals surface area contributed by atoms with Crippen LogP contribution in [0.5, 0.6) is 0 Å². The third kappa shape index (κ3) is 3.95. The van der Waals surface area contributed by atoms with E-state index >= 15 is 0 Å². The fraction of sp³-hybridized carbons (Fsp3) is 0.273. The van der Waals surface area contributed by atoms with Crippen LogP contribution in [0.3, 0.4) is 0 Å². The molecule has 1 atom stereocenters. The summed E-state index contributed by atoms with van der Waals surface area (Å²) in [6.45, 7) is 1.29. The van der Waals surface area contributed by atoms with E-state index in [0.29, 0.717) is 24.2 Å². The first-order valence-electron chi connectivity index (χ1n) is 9.65. The molecule has 1 fully saturated rings. The van der Waals surface area contributed by atoms with E-state index in [1.165, 1.54) is 0 Å². The Morgan fingerprint density at radius 2 is 1.97 bits per heavy atom. The molecule has 2 N–H and O–H groups in total. The number of benzene rings is 1. The second kappa shape index (κ2) is 8.36. The van der Waals surface area contributed by atoms with Gasteiger partial charge < -0.3 is 15.3 Å². The minimum atomic E-state index is -0.235. The van der Waals surface area contributed by atoms with E-state index in [1.807, 2.05) is 35.2 Å².